The molecule has 0 aromatic carbocycles. The first-order valence-corrected chi connectivity index (χ1v) is 7.41. The second kappa shape index (κ2) is 4.45. The Balaban J connectivity index is 2.19. The van der Waals surface area contributed by atoms with E-state index in [-0.39, 0.29) is 16.1 Å². The number of sulfonamides is 1. The Labute approximate surface area is 111 Å². The molecule has 1 fully saturated rings. The molecule has 0 aliphatic heterocycles. The van der Waals surface area contributed by atoms with E-state index in [2.05, 4.69) is 9.71 Å². The molecule has 1 aliphatic carbocycles. The molecule has 1 aliphatic rings. The zero-order valence-corrected chi connectivity index (χ0v) is 11.7. The predicted octanol–water partition coefficient (Wildman–Crippen LogP) is 1.17. The summed E-state index contributed by atoms with van der Waals surface area (Å²) in [6.45, 7) is 3.65. The van der Waals surface area contributed by atoms with Crippen LogP contribution >= 0.6 is 11.6 Å². The molecule has 7 heteroatoms. The molecule has 18 heavy (non-hydrogen) atoms. The van der Waals surface area contributed by atoms with Crippen LogP contribution in [0, 0.1) is 5.41 Å². The molecule has 0 saturated heterocycles. The van der Waals surface area contributed by atoms with Crippen molar-refractivity contribution in [2.75, 3.05) is 0 Å². The molecule has 0 amide bonds. The van der Waals surface area contributed by atoms with Gasteiger partial charge in [-0.3, -0.25) is 0 Å². The summed E-state index contributed by atoms with van der Waals surface area (Å²) in [7, 11) is -3.62. The van der Waals surface area contributed by atoms with Crippen LogP contribution in [0.25, 0.3) is 0 Å². The van der Waals surface area contributed by atoms with E-state index in [1.807, 2.05) is 13.8 Å². The summed E-state index contributed by atoms with van der Waals surface area (Å²) >= 11 is 5.67. The Hall–Kier alpha value is -0.690. The molecular weight excluding hydrogens is 276 g/mol. The second-order valence-corrected chi connectivity index (χ2v) is 7.16. The summed E-state index contributed by atoms with van der Waals surface area (Å²) in [5.41, 5.74) is -0.454. The Bertz CT molecular complexity index is 559. The largest absolute Gasteiger partial charge is 0.392 e. The molecule has 1 heterocycles. The molecular formula is C11H15ClN2O3S. The van der Waals surface area contributed by atoms with Crippen LogP contribution in [0.3, 0.4) is 0 Å². The molecule has 1 aromatic rings. The molecule has 5 nitrogen and oxygen atoms in total. The number of nitrogens with zero attached hydrogens (tertiary/aromatic N) is 1. The second-order valence-electron chi connectivity index (χ2n) is 5.06. The van der Waals surface area contributed by atoms with Gasteiger partial charge in [-0.2, -0.15) is 0 Å². The third-order valence-electron chi connectivity index (χ3n) is 3.52. The Kier molecular flexibility index (Phi) is 3.40. The maximum absolute atomic E-state index is 12.1. The molecule has 2 N–H and O–H groups in total. The maximum atomic E-state index is 12.1. The van der Waals surface area contributed by atoms with E-state index >= 15 is 0 Å². The van der Waals surface area contributed by atoms with E-state index in [4.69, 9.17) is 11.6 Å². The number of aliphatic hydroxyl groups is 1. The highest BCUT2D eigenvalue weighted by molar-refractivity contribution is 7.89. The lowest BCUT2D eigenvalue weighted by Gasteiger charge is -2.49. The summed E-state index contributed by atoms with van der Waals surface area (Å²) in [6, 6.07) is 2.41. The minimum absolute atomic E-state index is 0.0830. The Morgan fingerprint density at radius 1 is 1.56 bits per heavy atom. The lowest BCUT2D eigenvalue weighted by molar-refractivity contribution is -0.0645. The van der Waals surface area contributed by atoms with E-state index < -0.39 is 21.5 Å². The van der Waals surface area contributed by atoms with Crippen molar-refractivity contribution in [2.45, 2.75) is 37.3 Å². The van der Waals surface area contributed by atoms with Crippen molar-refractivity contribution in [2.24, 2.45) is 5.41 Å². The van der Waals surface area contributed by atoms with Crippen LogP contribution < -0.4 is 4.72 Å². The number of halogens is 1. The zero-order chi connectivity index (χ0) is 13.6. The lowest BCUT2D eigenvalue weighted by atomic mass is 9.65. The average Bonchev–Trinajstić information content (AvgIpc) is 2.28. The number of aliphatic hydroxyl groups excluding tert-OH is 1. The van der Waals surface area contributed by atoms with Gasteiger partial charge in [-0.05, 0) is 18.6 Å². The van der Waals surface area contributed by atoms with Crippen molar-refractivity contribution in [1.29, 1.82) is 0 Å². The van der Waals surface area contributed by atoms with Gasteiger partial charge in [-0.25, -0.2) is 18.1 Å². The summed E-state index contributed by atoms with van der Waals surface area (Å²) in [5, 5.41) is 9.72. The molecule has 1 aromatic heterocycles. The van der Waals surface area contributed by atoms with E-state index in [1.165, 1.54) is 18.3 Å². The molecule has 0 bridgehead atoms. The van der Waals surface area contributed by atoms with Crippen LogP contribution in [0.1, 0.15) is 20.3 Å². The van der Waals surface area contributed by atoms with Gasteiger partial charge in [-0.15, -0.1) is 0 Å². The van der Waals surface area contributed by atoms with Gasteiger partial charge in [-0.1, -0.05) is 25.4 Å². The first-order valence-electron chi connectivity index (χ1n) is 5.55. The van der Waals surface area contributed by atoms with Crippen molar-refractivity contribution in [3.63, 3.8) is 0 Å². The topological polar surface area (TPSA) is 79.3 Å². The summed E-state index contributed by atoms with van der Waals surface area (Å²) in [6.07, 6.45) is 1.29. The van der Waals surface area contributed by atoms with Crippen molar-refractivity contribution in [3.05, 3.63) is 23.5 Å². The van der Waals surface area contributed by atoms with Gasteiger partial charge in [0, 0.05) is 17.7 Å². The molecule has 0 spiro atoms. The van der Waals surface area contributed by atoms with Crippen LogP contribution in [-0.4, -0.2) is 30.7 Å². The number of aromatic nitrogens is 1. The Morgan fingerprint density at radius 2 is 2.22 bits per heavy atom. The van der Waals surface area contributed by atoms with E-state index in [1.54, 1.807) is 0 Å². The minimum Gasteiger partial charge on any atom is -0.392 e. The van der Waals surface area contributed by atoms with Crippen LogP contribution in [0.4, 0.5) is 0 Å². The fourth-order valence-corrected chi connectivity index (χ4v) is 3.57. The highest BCUT2D eigenvalue weighted by atomic mass is 35.5. The van der Waals surface area contributed by atoms with Gasteiger partial charge < -0.3 is 5.11 Å². The summed E-state index contributed by atoms with van der Waals surface area (Å²) in [4.78, 5) is 3.82. The summed E-state index contributed by atoms with van der Waals surface area (Å²) < 4.78 is 26.8. The van der Waals surface area contributed by atoms with Gasteiger partial charge in [0.15, 0.2) is 0 Å². The number of nitrogens with one attached hydrogen (secondary N) is 1. The summed E-state index contributed by atoms with van der Waals surface area (Å²) in [5.74, 6) is 0. The number of rotatable bonds is 3. The molecule has 2 rings (SSSR count). The fraction of sp³-hybridized carbons (Fsp3) is 0.545. The smallest absolute Gasteiger partial charge is 0.241 e. The normalized spacial score (nSPS) is 26.7. The van der Waals surface area contributed by atoms with E-state index in [0.29, 0.717) is 6.42 Å². The molecule has 1 saturated carbocycles. The standard InChI is InChI=1S/C11H15ClN2O3S/c1-11(2)8(6-9(11)15)14-18(16,17)7-3-4-13-10(12)5-7/h3-5,8-9,14-15H,6H2,1-2H3. The quantitative estimate of drug-likeness (QED) is 0.819. The maximum Gasteiger partial charge on any atom is 0.241 e. The number of pyridine rings is 1. The van der Waals surface area contributed by atoms with Gasteiger partial charge in [0.2, 0.25) is 10.0 Å². The predicted molar refractivity (Wildman–Crippen MR) is 67.8 cm³/mol. The molecule has 2 atom stereocenters. The molecule has 2 unspecified atom stereocenters. The van der Waals surface area contributed by atoms with Crippen molar-refractivity contribution in [3.8, 4) is 0 Å². The zero-order valence-electron chi connectivity index (χ0n) is 10.1. The number of hydrogen-bond donors (Lipinski definition) is 2. The molecule has 0 radical (unpaired) electrons. The van der Waals surface area contributed by atoms with E-state index in [9.17, 15) is 13.5 Å². The van der Waals surface area contributed by atoms with Gasteiger partial charge in [0.1, 0.15) is 5.15 Å². The van der Waals surface area contributed by atoms with E-state index in [0.717, 1.165) is 0 Å². The van der Waals surface area contributed by atoms with Crippen LogP contribution in [0.15, 0.2) is 23.2 Å². The highest BCUT2D eigenvalue weighted by Crippen LogP contribution is 2.41. The molecule has 100 valence electrons. The SMILES string of the molecule is CC1(C)C(O)CC1NS(=O)(=O)c1ccnc(Cl)c1. The third-order valence-corrected chi connectivity index (χ3v) is 5.20. The van der Waals surface area contributed by atoms with Gasteiger partial charge in [0.05, 0.1) is 11.0 Å². The van der Waals surface area contributed by atoms with Crippen LogP contribution in [0.5, 0.6) is 0 Å². The third kappa shape index (κ3) is 2.38. The first-order chi connectivity index (χ1) is 8.23. The monoisotopic (exact) mass is 290 g/mol. The van der Waals surface area contributed by atoms with Crippen molar-refractivity contribution < 1.29 is 13.5 Å². The Morgan fingerprint density at radius 3 is 2.72 bits per heavy atom. The minimum atomic E-state index is -3.62. The van der Waals surface area contributed by atoms with Crippen LogP contribution in [0.2, 0.25) is 5.15 Å². The number of hydrogen-bond acceptors (Lipinski definition) is 4. The van der Waals surface area contributed by atoms with Crippen molar-refractivity contribution in [1.82, 2.24) is 9.71 Å². The van der Waals surface area contributed by atoms with Gasteiger partial charge >= 0.3 is 0 Å². The van der Waals surface area contributed by atoms with Crippen molar-refractivity contribution >= 4 is 21.6 Å². The van der Waals surface area contributed by atoms with Crippen LogP contribution in [-0.2, 0) is 10.0 Å². The highest BCUT2D eigenvalue weighted by Gasteiger charge is 2.48. The lowest BCUT2D eigenvalue weighted by Crippen LogP contribution is -2.61. The first kappa shape index (κ1) is 13.7. The average molecular weight is 291 g/mol. The fourth-order valence-electron chi connectivity index (χ4n) is 1.91. The van der Waals surface area contributed by atoms with Gasteiger partial charge in [0.25, 0.3) is 0 Å².